The van der Waals surface area contributed by atoms with E-state index in [4.69, 9.17) is 10.2 Å². The third-order valence-electron chi connectivity index (χ3n) is 1.60. The molecule has 0 heterocycles. The zero-order valence-electron chi connectivity index (χ0n) is 6.52. The highest BCUT2D eigenvalue weighted by molar-refractivity contribution is 9.10. The largest absolute Gasteiger partial charge is 0.507 e. The minimum atomic E-state index is -0.869. The second-order valence-electron chi connectivity index (χ2n) is 2.46. The van der Waals surface area contributed by atoms with E-state index >= 15 is 0 Å². The SMILES string of the molecule is OCCc1c(F)cc(O)c(Br)c1F. The van der Waals surface area contributed by atoms with Crippen LogP contribution in [0.2, 0.25) is 0 Å². The summed E-state index contributed by atoms with van der Waals surface area (Å²) in [6.45, 7) is -0.342. The normalized spacial score (nSPS) is 10.5. The van der Waals surface area contributed by atoms with Gasteiger partial charge in [-0.3, -0.25) is 0 Å². The van der Waals surface area contributed by atoms with E-state index in [9.17, 15) is 8.78 Å². The molecule has 0 saturated carbocycles. The molecule has 2 N–H and O–H groups in total. The van der Waals surface area contributed by atoms with Gasteiger partial charge in [0.25, 0.3) is 0 Å². The standard InChI is InChI=1S/C8H7BrF2O2/c9-7-6(13)3-5(10)4(1-2-12)8(7)11/h3,12-13H,1-2H2. The molecule has 0 aliphatic heterocycles. The lowest BCUT2D eigenvalue weighted by Crippen LogP contribution is -2.00. The van der Waals surface area contributed by atoms with Gasteiger partial charge in [-0.15, -0.1) is 0 Å². The fourth-order valence-electron chi connectivity index (χ4n) is 0.961. The molecule has 0 radical (unpaired) electrons. The molecule has 72 valence electrons. The Morgan fingerprint density at radius 3 is 2.54 bits per heavy atom. The van der Waals surface area contributed by atoms with Crippen LogP contribution in [-0.2, 0) is 6.42 Å². The third kappa shape index (κ3) is 1.97. The maximum Gasteiger partial charge on any atom is 0.147 e. The summed E-state index contributed by atoms with van der Waals surface area (Å²) in [5.74, 6) is -2.21. The minimum absolute atomic E-state index is 0.115. The fraction of sp³-hybridized carbons (Fsp3) is 0.250. The number of hydrogen-bond acceptors (Lipinski definition) is 2. The third-order valence-corrected chi connectivity index (χ3v) is 2.35. The molecule has 1 rings (SSSR count). The Hall–Kier alpha value is -0.680. The number of hydrogen-bond donors (Lipinski definition) is 2. The van der Waals surface area contributed by atoms with E-state index < -0.39 is 17.4 Å². The molecule has 0 saturated heterocycles. The van der Waals surface area contributed by atoms with Crippen molar-refractivity contribution in [1.82, 2.24) is 0 Å². The molecule has 0 aromatic heterocycles. The van der Waals surface area contributed by atoms with Crippen LogP contribution in [0.15, 0.2) is 10.5 Å². The van der Waals surface area contributed by atoms with E-state index in [0.29, 0.717) is 0 Å². The summed E-state index contributed by atoms with van der Waals surface area (Å²) >= 11 is 2.76. The van der Waals surface area contributed by atoms with E-state index in [1.807, 2.05) is 0 Å². The van der Waals surface area contributed by atoms with Gasteiger partial charge in [0.2, 0.25) is 0 Å². The number of halogens is 3. The van der Waals surface area contributed by atoms with Gasteiger partial charge in [-0.2, -0.15) is 0 Å². The first-order valence-electron chi connectivity index (χ1n) is 3.54. The summed E-state index contributed by atoms with van der Waals surface area (Å²) in [4.78, 5) is 0. The van der Waals surface area contributed by atoms with E-state index in [0.717, 1.165) is 6.07 Å². The smallest absolute Gasteiger partial charge is 0.147 e. The number of phenolic OH excluding ortho intramolecular Hbond substituents is 1. The second kappa shape index (κ2) is 4.02. The van der Waals surface area contributed by atoms with Gasteiger partial charge >= 0.3 is 0 Å². The van der Waals surface area contributed by atoms with Crippen LogP contribution in [0.5, 0.6) is 5.75 Å². The predicted molar refractivity (Wildman–Crippen MR) is 46.5 cm³/mol. The average molecular weight is 253 g/mol. The van der Waals surface area contributed by atoms with Crippen LogP contribution in [0.3, 0.4) is 0 Å². The molecule has 0 bridgehead atoms. The van der Waals surface area contributed by atoms with Crippen molar-refractivity contribution in [3.63, 3.8) is 0 Å². The topological polar surface area (TPSA) is 40.5 Å². The molecule has 0 atom stereocenters. The van der Waals surface area contributed by atoms with Crippen LogP contribution in [0.25, 0.3) is 0 Å². The Labute approximate surface area is 81.9 Å². The Balaban J connectivity index is 3.26. The molecule has 0 unspecified atom stereocenters. The fourth-order valence-corrected chi connectivity index (χ4v) is 1.31. The van der Waals surface area contributed by atoms with Crippen molar-refractivity contribution in [1.29, 1.82) is 0 Å². The lowest BCUT2D eigenvalue weighted by molar-refractivity contribution is 0.295. The summed E-state index contributed by atoms with van der Waals surface area (Å²) < 4.78 is 25.9. The highest BCUT2D eigenvalue weighted by Gasteiger charge is 2.15. The van der Waals surface area contributed by atoms with Crippen LogP contribution in [0, 0.1) is 11.6 Å². The monoisotopic (exact) mass is 252 g/mol. The Morgan fingerprint density at radius 1 is 1.38 bits per heavy atom. The van der Waals surface area contributed by atoms with Crippen molar-refractivity contribution in [2.75, 3.05) is 6.61 Å². The molecule has 0 aliphatic carbocycles. The Kier molecular flexibility index (Phi) is 3.22. The molecular formula is C8H7BrF2O2. The zero-order valence-corrected chi connectivity index (χ0v) is 8.11. The molecular weight excluding hydrogens is 246 g/mol. The predicted octanol–water partition coefficient (Wildman–Crippen LogP) is 1.97. The molecule has 1 aromatic carbocycles. The Morgan fingerprint density at radius 2 is 2.00 bits per heavy atom. The van der Waals surface area contributed by atoms with Crippen LogP contribution >= 0.6 is 15.9 Å². The Bertz CT molecular complexity index is 328. The molecule has 13 heavy (non-hydrogen) atoms. The van der Waals surface area contributed by atoms with E-state index in [1.54, 1.807) is 0 Å². The van der Waals surface area contributed by atoms with Crippen LogP contribution < -0.4 is 0 Å². The summed E-state index contributed by atoms with van der Waals surface area (Å²) in [6, 6.07) is 0.804. The molecule has 2 nitrogen and oxygen atoms in total. The van der Waals surface area contributed by atoms with Crippen molar-refractivity contribution >= 4 is 15.9 Å². The van der Waals surface area contributed by atoms with Crippen LogP contribution in [0.1, 0.15) is 5.56 Å². The van der Waals surface area contributed by atoms with Crippen molar-refractivity contribution < 1.29 is 19.0 Å². The number of phenols is 1. The molecule has 0 amide bonds. The van der Waals surface area contributed by atoms with Gasteiger partial charge in [0.1, 0.15) is 17.4 Å². The van der Waals surface area contributed by atoms with Crippen molar-refractivity contribution in [3.8, 4) is 5.75 Å². The molecule has 0 spiro atoms. The maximum absolute atomic E-state index is 13.2. The van der Waals surface area contributed by atoms with Crippen molar-refractivity contribution in [3.05, 3.63) is 27.7 Å². The highest BCUT2D eigenvalue weighted by atomic mass is 79.9. The summed E-state index contributed by atoms with van der Waals surface area (Å²) in [6.07, 6.45) is -0.115. The first-order chi connectivity index (χ1) is 6.07. The first kappa shape index (κ1) is 10.4. The van der Waals surface area contributed by atoms with E-state index in [1.165, 1.54) is 0 Å². The average Bonchev–Trinajstić information content (AvgIpc) is 2.09. The summed E-state index contributed by atoms with van der Waals surface area (Å²) in [5, 5.41) is 17.5. The van der Waals surface area contributed by atoms with Crippen molar-refractivity contribution in [2.45, 2.75) is 6.42 Å². The molecule has 0 aliphatic rings. The number of aliphatic hydroxyl groups is 1. The minimum Gasteiger partial charge on any atom is -0.507 e. The number of rotatable bonds is 2. The number of aromatic hydroxyl groups is 1. The van der Waals surface area contributed by atoms with Crippen LogP contribution in [-0.4, -0.2) is 16.8 Å². The van der Waals surface area contributed by atoms with Crippen LogP contribution in [0.4, 0.5) is 8.78 Å². The maximum atomic E-state index is 13.2. The van der Waals surface area contributed by atoms with Gasteiger partial charge in [0.15, 0.2) is 0 Å². The first-order valence-corrected chi connectivity index (χ1v) is 4.33. The molecule has 1 aromatic rings. The second-order valence-corrected chi connectivity index (χ2v) is 3.25. The summed E-state index contributed by atoms with van der Waals surface area (Å²) in [7, 11) is 0. The number of benzene rings is 1. The van der Waals surface area contributed by atoms with Crippen molar-refractivity contribution in [2.24, 2.45) is 0 Å². The van der Waals surface area contributed by atoms with Gasteiger partial charge in [0, 0.05) is 24.7 Å². The highest BCUT2D eigenvalue weighted by Crippen LogP contribution is 2.30. The zero-order chi connectivity index (χ0) is 10.0. The van der Waals surface area contributed by atoms with Gasteiger partial charge < -0.3 is 10.2 Å². The van der Waals surface area contributed by atoms with Gasteiger partial charge in [-0.1, -0.05) is 0 Å². The molecule has 0 fully saturated rings. The summed E-state index contributed by atoms with van der Waals surface area (Å²) in [5.41, 5.74) is -0.229. The van der Waals surface area contributed by atoms with Gasteiger partial charge in [0.05, 0.1) is 4.47 Å². The lowest BCUT2D eigenvalue weighted by Gasteiger charge is -2.06. The van der Waals surface area contributed by atoms with Gasteiger partial charge in [-0.25, -0.2) is 8.78 Å². The van der Waals surface area contributed by atoms with E-state index in [2.05, 4.69) is 15.9 Å². The lowest BCUT2D eigenvalue weighted by atomic mass is 10.1. The number of aliphatic hydroxyl groups excluding tert-OH is 1. The quantitative estimate of drug-likeness (QED) is 0.791. The molecule has 5 heteroatoms. The van der Waals surface area contributed by atoms with E-state index in [-0.39, 0.29) is 23.1 Å². The van der Waals surface area contributed by atoms with Gasteiger partial charge in [-0.05, 0) is 15.9 Å².